The monoisotopic (exact) mass is 602 g/mol. The van der Waals surface area contributed by atoms with E-state index in [1.807, 2.05) is 43.3 Å². The van der Waals surface area contributed by atoms with Crippen molar-refractivity contribution < 1.29 is 19.0 Å². The maximum absolute atomic E-state index is 12.7. The zero-order chi connectivity index (χ0) is 25.2. The summed E-state index contributed by atoms with van der Waals surface area (Å²) in [7, 11) is 1.55. The van der Waals surface area contributed by atoms with E-state index in [1.54, 1.807) is 37.4 Å². The van der Waals surface area contributed by atoms with Gasteiger partial charge < -0.3 is 19.5 Å². The first-order valence-electron chi connectivity index (χ1n) is 10.8. The minimum absolute atomic E-state index is 0.0341. The molecular weight excluding hydrogens is 579 g/mol. The van der Waals surface area contributed by atoms with E-state index < -0.39 is 5.91 Å². The molecule has 0 bridgehead atoms. The van der Waals surface area contributed by atoms with Crippen molar-refractivity contribution in [3.05, 3.63) is 86.0 Å². The minimum Gasteiger partial charge on any atom is -0.493 e. The van der Waals surface area contributed by atoms with Gasteiger partial charge in [0.15, 0.2) is 11.5 Å². The molecule has 0 aromatic heterocycles. The van der Waals surface area contributed by atoms with E-state index in [9.17, 15) is 10.1 Å². The first-order valence-corrected chi connectivity index (χ1v) is 12.3. The van der Waals surface area contributed by atoms with E-state index in [2.05, 4.69) is 27.9 Å². The third-order valence-electron chi connectivity index (χ3n) is 4.81. The van der Waals surface area contributed by atoms with Gasteiger partial charge in [-0.05, 0) is 94.7 Å². The van der Waals surface area contributed by atoms with Crippen LogP contribution in [-0.2, 0) is 11.4 Å². The van der Waals surface area contributed by atoms with Crippen LogP contribution in [0.15, 0.2) is 66.2 Å². The Hall–Kier alpha value is -3.22. The van der Waals surface area contributed by atoms with Crippen LogP contribution in [0.25, 0.3) is 6.08 Å². The van der Waals surface area contributed by atoms with Crippen LogP contribution in [0.1, 0.15) is 24.5 Å². The number of nitriles is 1. The van der Waals surface area contributed by atoms with Gasteiger partial charge in [-0.25, -0.2) is 0 Å². The fourth-order valence-electron chi connectivity index (χ4n) is 3.06. The van der Waals surface area contributed by atoms with Gasteiger partial charge in [0.05, 0.1) is 17.3 Å². The quantitative estimate of drug-likeness (QED) is 0.156. The summed E-state index contributed by atoms with van der Waals surface area (Å²) in [5.74, 6) is 1.33. The number of hydrogen-bond acceptors (Lipinski definition) is 5. The second-order valence-corrected chi connectivity index (χ2v) is 9.04. The van der Waals surface area contributed by atoms with E-state index in [-0.39, 0.29) is 5.57 Å². The number of halogens is 2. The lowest BCUT2D eigenvalue weighted by molar-refractivity contribution is -0.112. The highest BCUT2D eigenvalue weighted by Crippen LogP contribution is 2.34. The Labute approximate surface area is 223 Å². The van der Waals surface area contributed by atoms with Gasteiger partial charge in [-0.3, -0.25) is 4.79 Å². The predicted molar refractivity (Wildman–Crippen MR) is 146 cm³/mol. The number of benzene rings is 3. The molecule has 35 heavy (non-hydrogen) atoms. The third kappa shape index (κ3) is 7.64. The van der Waals surface area contributed by atoms with E-state index >= 15 is 0 Å². The number of methoxy groups -OCH3 is 1. The van der Waals surface area contributed by atoms with Crippen molar-refractivity contribution in [1.82, 2.24) is 0 Å². The summed E-state index contributed by atoms with van der Waals surface area (Å²) < 4.78 is 17.8. The molecule has 3 aromatic rings. The van der Waals surface area contributed by atoms with Crippen molar-refractivity contribution in [2.24, 2.45) is 0 Å². The summed E-state index contributed by atoms with van der Waals surface area (Å²) >= 11 is 8.05. The molecule has 0 radical (unpaired) electrons. The van der Waals surface area contributed by atoms with E-state index in [0.717, 1.165) is 15.6 Å². The lowest BCUT2D eigenvalue weighted by atomic mass is 10.1. The van der Waals surface area contributed by atoms with Crippen LogP contribution in [-0.4, -0.2) is 19.6 Å². The Morgan fingerprint density at radius 2 is 1.83 bits per heavy atom. The molecule has 0 fully saturated rings. The van der Waals surface area contributed by atoms with Gasteiger partial charge >= 0.3 is 0 Å². The van der Waals surface area contributed by atoms with E-state index in [4.69, 9.17) is 25.8 Å². The Balaban J connectivity index is 1.67. The second kappa shape index (κ2) is 13.0. The fraction of sp³-hybridized carbons (Fsp3) is 0.185. The molecule has 0 atom stereocenters. The lowest BCUT2D eigenvalue weighted by Crippen LogP contribution is -2.13. The number of hydrogen-bond donors (Lipinski definition) is 1. The molecule has 0 heterocycles. The molecule has 8 heteroatoms. The SMILES string of the molecule is CCCOc1c(I)cc(/C=C(\C#N)C(=O)Nc2ccc(OCc3ccc(Cl)cc3)cc2)cc1OC. The number of carbonyl (C=O) groups excluding carboxylic acids is 1. The predicted octanol–water partition coefficient (Wildman–Crippen LogP) is 6.87. The highest BCUT2D eigenvalue weighted by molar-refractivity contribution is 14.1. The van der Waals surface area contributed by atoms with Crippen LogP contribution in [0, 0.1) is 14.9 Å². The molecular formula is C27H24ClIN2O4. The highest BCUT2D eigenvalue weighted by Gasteiger charge is 2.14. The molecule has 0 spiro atoms. The Bertz CT molecular complexity index is 1240. The number of ether oxygens (including phenoxy) is 3. The topological polar surface area (TPSA) is 80.6 Å². The van der Waals surface area contributed by atoms with Gasteiger partial charge in [0.25, 0.3) is 5.91 Å². The fourth-order valence-corrected chi connectivity index (χ4v) is 3.97. The molecule has 1 N–H and O–H groups in total. The van der Waals surface area contributed by atoms with Crippen LogP contribution >= 0.6 is 34.2 Å². The van der Waals surface area contributed by atoms with Gasteiger partial charge in [-0.1, -0.05) is 30.7 Å². The Morgan fingerprint density at radius 3 is 2.46 bits per heavy atom. The largest absolute Gasteiger partial charge is 0.493 e. The van der Waals surface area contributed by atoms with Crippen molar-refractivity contribution >= 4 is 51.9 Å². The van der Waals surface area contributed by atoms with Crippen molar-refractivity contribution in [3.63, 3.8) is 0 Å². The maximum atomic E-state index is 12.7. The summed E-state index contributed by atoms with van der Waals surface area (Å²) in [6.45, 7) is 2.99. The Morgan fingerprint density at radius 1 is 1.11 bits per heavy atom. The molecule has 0 saturated carbocycles. The second-order valence-electron chi connectivity index (χ2n) is 7.45. The molecule has 0 aliphatic rings. The summed E-state index contributed by atoms with van der Waals surface area (Å²) in [6.07, 6.45) is 2.39. The van der Waals surface area contributed by atoms with Crippen LogP contribution in [0.4, 0.5) is 5.69 Å². The average Bonchev–Trinajstić information content (AvgIpc) is 2.86. The van der Waals surface area contributed by atoms with E-state index in [0.29, 0.717) is 46.7 Å². The Kier molecular flexibility index (Phi) is 9.82. The molecule has 0 aliphatic carbocycles. The van der Waals surface area contributed by atoms with Crippen molar-refractivity contribution in [2.45, 2.75) is 20.0 Å². The number of anilines is 1. The van der Waals surface area contributed by atoms with Gasteiger partial charge in [-0.15, -0.1) is 0 Å². The smallest absolute Gasteiger partial charge is 0.266 e. The number of nitrogens with zero attached hydrogens (tertiary/aromatic N) is 1. The van der Waals surface area contributed by atoms with Gasteiger partial charge in [0.1, 0.15) is 24.0 Å². The van der Waals surface area contributed by atoms with Crippen LogP contribution in [0.3, 0.4) is 0 Å². The molecule has 6 nitrogen and oxygen atoms in total. The zero-order valence-electron chi connectivity index (χ0n) is 19.3. The normalized spacial score (nSPS) is 10.9. The molecule has 0 saturated heterocycles. The lowest BCUT2D eigenvalue weighted by Gasteiger charge is -2.13. The van der Waals surface area contributed by atoms with Crippen LogP contribution in [0.2, 0.25) is 5.02 Å². The molecule has 1 amide bonds. The summed E-state index contributed by atoms with van der Waals surface area (Å²) in [4.78, 5) is 12.7. The molecule has 3 rings (SSSR count). The average molecular weight is 603 g/mol. The number of rotatable bonds is 10. The van der Waals surface area contributed by atoms with Gasteiger partial charge in [0, 0.05) is 10.7 Å². The first-order chi connectivity index (χ1) is 16.9. The standard InChI is InChI=1S/C27H24ClIN2O4/c1-3-12-34-26-24(29)14-19(15-25(26)33-2)13-20(16-30)27(32)31-22-8-10-23(11-9-22)35-17-18-4-6-21(28)7-5-18/h4-11,13-15H,3,12,17H2,1-2H3,(H,31,32)/b20-13+. The molecule has 3 aromatic carbocycles. The van der Waals surface area contributed by atoms with Gasteiger partial charge in [0.2, 0.25) is 0 Å². The summed E-state index contributed by atoms with van der Waals surface area (Å²) in [5, 5.41) is 13.0. The van der Waals surface area contributed by atoms with Gasteiger partial charge in [-0.2, -0.15) is 5.26 Å². The zero-order valence-corrected chi connectivity index (χ0v) is 22.2. The number of nitrogens with one attached hydrogen (secondary N) is 1. The molecule has 180 valence electrons. The number of carbonyl (C=O) groups is 1. The van der Waals surface area contributed by atoms with Crippen LogP contribution < -0.4 is 19.5 Å². The van der Waals surface area contributed by atoms with Crippen molar-refractivity contribution in [3.8, 4) is 23.3 Å². The summed E-state index contributed by atoms with van der Waals surface area (Å²) in [5.41, 5.74) is 2.16. The van der Waals surface area contributed by atoms with Crippen LogP contribution in [0.5, 0.6) is 17.2 Å². The highest BCUT2D eigenvalue weighted by atomic mass is 127. The first kappa shape index (κ1) is 26.4. The third-order valence-corrected chi connectivity index (χ3v) is 5.86. The summed E-state index contributed by atoms with van der Waals surface area (Å²) in [6, 6.07) is 19.9. The van der Waals surface area contributed by atoms with Crippen molar-refractivity contribution in [2.75, 3.05) is 19.0 Å². The molecule has 0 unspecified atom stereocenters. The minimum atomic E-state index is -0.511. The van der Waals surface area contributed by atoms with Crippen molar-refractivity contribution in [1.29, 1.82) is 5.26 Å². The maximum Gasteiger partial charge on any atom is 0.266 e. The molecule has 0 aliphatic heterocycles. The van der Waals surface area contributed by atoms with E-state index in [1.165, 1.54) is 6.08 Å². The number of amides is 1.